The van der Waals surface area contributed by atoms with Gasteiger partial charge in [-0.1, -0.05) is 0 Å². The number of carbonyl (C=O) groups excluding carboxylic acids is 8. The Labute approximate surface area is 379 Å². The van der Waals surface area contributed by atoms with Gasteiger partial charge in [0.1, 0.15) is 6.42 Å². The van der Waals surface area contributed by atoms with Crippen molar-refractivity contribution in [3.8, 4) is 0 Å². The number of amides is 4. The summed E-state index contributed by atoms with van der Waals surface area (Å²) < 4.78 is 1.52. The van der Waals surface area contributed by atoms with Crippen molar-refractivity contribution < 1.29 is 58.2 Å². The van der Waals surface area contributed by atoms with Crippen LogP contribution in [0.2, 0.25) is 0 Å². The fourth-order valence-corrected chi connectivity index (χ4v) is 13.9. The van der Waals surface area contributed by atoms with Crippen LogP contribution >= 0.6 is 159 Å². The molecule has 51 heavy (non-hydrogen) atoms. The number of carbonyl (C=O) groups is 8. The highest BCUT2D eigenvalue weighted by molar-refractivity contribution is 14.1. The second kappa shape index (κ2) is 22.1. The summed E-state index contributed by atoms with van der Waals surface area (Å²) in [7, 11) is 0. The number of halogens is 8. The fraction of sp³-hybridized carbons (Fsp3) is 0.259. The minimum absolute atomic E-state index is 0.0334. The number of rotatable bonds is 14. The highest BCUT2D eigenvalue weighted by Gasteiger charge is 2.30. The van der Waals surface area contributed by atoms with Crippen molar-refractivity contribution in [3.05, 3.63) is 54.8 Å². The third-order valence-electron chi connectivity index (χ3n) is 5.98. The average molecular weight is 1420 g/mol. The predicted octanol–water partition coefficient (Wildman–Crippen LogP) is 2.84. The first-order chi connectivity index (χ1) is 23.9. The van der Waals surface area contributed by atoms with E-state index in [4.69, 9.17) is 43.1 Å². The molecule has 0 aromatic heterocycles. The second-order valence-corrected chi connectivity index (χ2v) is 16.5. The maximum Gasteiger partial charge on any atom is 0.336 e. The molecule has 24 heteroatoms. The Morgan fingerprint density at radius 1 is 0.529 bits per heavy atom. The largest absolute Gasteiger partial charge is 0.395 e. The Kier molecular flexibility index (Phi) is 20.2. The molecule has 2 aromatic rings. The van der Waals surface area contributed by atoms with Crippen molar-refractivity contribution in [2.45, 2.75) is 19.3 Å². The molecule has 0 bridgehead atoms. The lowest BCUT2D eigenvalue weighted by Crippen LogP contribution is -2.35. The van der Waals surface area contributed by atoms with Gasteiger partial charge in [-0.3, -0.25) is 28.8 Å². The van der Waals surface area contributed by atoms with Crippen LogP contribution in [0.3, 0.4) is 0 Å². The first-order valence-corrected chi connectivity index (χ1v) is 20.7. The fourth-order valence-electron chi connectivity index (χ4n) is 3.81. The van der Waals surface area contributed by atoms with E-state index >= 15 is 0 Å². The van der Waals surface area contributed by atoms with E-state index in [1.54, 1.807) is 147 Å². The van der Waals surface area contributed by atoms with Crippen molar-refractivity contribution in [2.75, 3.05) is 26.3 Å². The van der Waals surface area contributed by atoms with Gasteiger partial charge in [-0.2, -0.15) is 11.0 Å². The zero-order valence-electron chi connectivity index (χ0n) is 25.0. The van der Waals surface area contributed by atoms with Gasteiger partial charge in [0.25, 0.3) is 34.1 Å². The lowest BCUT2D eigenvalue weighted by molar-refractivity contribution is -0.161. The molecule has 0 fully saturated rings. The van der Waals surface area contributed by atoms with Gasteiger partial charge >= 0.3 is 11.9 Å². The number of hydroxylamine groups is 2. The summed E-state index contributed by atoms with van der Waals surface area (Å²) in [4.78, 5) is 109. The van der Waals surface area contributed by atoms with Crippen LogP contribution in [-0.4, -0.2) is 82.6 Å². The van der Waals surface area contributed by atoms with Crippen molar-refractivity contribution >= 4 is 205 Å². The van der Waals surface area contributed by atoms with E-state index in [2.05, 4.69) is 10.6 Å². The van der Waals surface area contributed by atoms with Gasteiger partial charge in [-0.15, -0.1) is 0 Å². The SMILES string of the molecule is O=C(CC(=O)NOC(=O)Cc1c(I)c(C(=O)Cl)c(I)c(C(=O)NCCO)c1I)NOC(=O)Cc1c(I)c(C(=O)Cl)c(I)c(C(=O)NCCO)c1I. The van der Waals surface area contributed by atoms with Crippen LogP contribution in [0.15, 0.2) is 0 Å². The number of hydrogen-bond donors (Lipinski definition) is 6. The molecule has 0 aliphatic carbocycles. The van der Waals surface area contributed by atoms with E-state index in [9.17, 15) is 38.4 Å². The van der Waals surface area contributed by atoms with Gasteiger partial charge in [0.15, 0.2) is 0 Å². The summed E-state index contributed by atoms with van der Waals surface area (Å²) in [6.45, 7) is -0.837. The monoisotopic (exact) mass is 1420 g/mol. The Bertz CT molecular complexity index is 1690. The lowest BCUT2D eigenvalue weighted by atomic mass is 10.0. The Morgan fingerprint density at radius 2 is 0.843 bits per heavy atom. The van der Waals surface area contributed by atoms with Gasteiger partial charge < -0.3 is 30.5 Å². The van der Waals surface area contributed by atoms with Gasteiger partial charge in [0.2, 0.25) is 0 Å². The van der Waals surface area contributed by atoms with Crippen LogP contribution in [0.4, 0.5) is 0 Å². The van der Waals surface area contributed by atoms with Crippen LogP contribution in [0.25, 0.3) is 0 Å². The molecular weight excluding hydrogens is 1400 g/mol. The molecule has 0 saturated carbocycles. The minimum Gasteiger partial charge on any atom is -0.395 e. The van der Waals surface area contributed by atoms with Crippen LogP contribution in [0.5, 0.6) is 0 Å². The molecule has 276 valence electrons. The molecule has 0 aliphatic heterocycles. The van der Waals surface area contributed by atoms with E-state index in [0.717, 1.165) is 0 Å². The zero-order chi connectivity index (χ0) is 38.7. The maximum atomic E-state index is 12.8. The molecule has 4 amide bonds. The first-order valence-electron chi connectivity index (χ1n) is 13.4. The van der Waals surface area contributed by atoms with E-state index < -0.39 is 65.3 Å². The molecule has 0 saturated heterocycles. The molecular formula is C27H20Cl2I6N4O12. The van der Waals surface area contributed by atoms with Crippen molar-refractivity contribution in [1.29, 1.82) is 0 Å². The lowest BCUT2D eigenvalue weighted by Gasteiger charge is -2.17. The van der Waals surface area contributed by atoms with E-state index in [1.165, 1.54) is 0 Å². The first kappa shape index (κ1) is 46.6. The smallest absolute Gasteiger partial charge is 0.336 e. The number of benzene rings is 2. The highest BCUT2D eigenvalue weighted by atomic mass is 127. The summed E-state index contributed by atoms with van der Waals surface area (Å²) in [5, 5.41) is 21.3. The van der Waals surface area contributed by atoms with E-state index in [0.29, 0.717) is 0 Å². The maximum absolute atomic E-state index is 12.8. The minimum atomic E-state index is -1.12. The molecule has 16 nitrogen and oxygen atoms in total. The third kappa shape index (κ3) is 12.8. The van der Waals surface area contributed by atoms with Crippen LogP contribution in [0, 0.1) is 21.4 Å². The standard InChI is InChI=1S/C27H20Cl2I6N4O12/c28-24(46)14-18(30)8(20(32)16(22(14)34)26(48)36-1-3-40)5-12(44)50-38-10(42)7-11(43)39-51-13(45)6-9-19(31)15(25(29)47)23(35)17(21(9)33)27(49)37-2-4-41/h40-41H,1-7H2,(H,36,48)(H,37,49)(H,38,42)(H,39,43). The molecule has 0 aliphatic rings. The predicted molar refractivity (Wildman–Crippen MR) is 229 cm³/mol. The average Bonchev–Trinajstić information content (AvgIpc) is 3.04. The van der Waals surface area contributed by atoms with Crippen molar-refractivity contribution in [3.63, 3.8) is 0 Å². The van der Waals surface area contributed by atoms with E-state index in [1.807, 2.05) is 0 Å². The molecule has 0 atom stereocenters. The van der Waals surface area contributed by atoms with Gasteiger partial charge in [0, 0.05) is 34.5 Å². The number of nitrogens with one attached hydrogen (secondary N) is 4. The Morgan fingerprint density at radius 3 is 1.14 bits per heavy atom. The molecule has 2 aromatic carbocycles. The number of aliphatic hydroxyl groups is 2. The molecule has 6 N–H and O–H groups in total. The summed E-state index contributed by atoms with van der Waals surface area (Å²) in [6.07, 6.45) is -2.03. The van der Waals surface area contributed by atoms with Crippen LogP contribution in [-0.2, 0) is 41.7 Å². The highest BCUT2D eigenvalue weighted by Crippen LogP contribution is 2.35. The van der Waals surface area contributed by atoms with E-state index in [-0.39, 0.29) is 81.1 Å². The van der Waals surface area contributed by atoms with Crippen molar-refractivity contribution in [2.24, 2.45) is 0 Å². The van der Waals surface area contributed by atoms with Crippen LogP contribution < -0.4 is 21.6 Å². The molecule has 0 spiro atoms. The molecule has 2 rings (SSSR count). The topological polar surface area (TPSA) is 244 Å². The third-order valence-corrected chi connectivity index (χ3v) is 13.3. The van der Waals surface area contributed by atoms with Gasteiger partial charge in [-0.05, 0) is 170 Å². The molecule has 0 radical (unpaired) electrons. The van der Waals surface area contributed by atoms with Gasteiger partial charge in [0.05, 0.1) is 48.3 Å². The summed E-state index contributed by atoms with van der Waals surface area (Å²) in [6, 6.07) is 0. The number of hydrogen-bond acceptors (Lipinski definition) is 12. The Hall–Kier alpha value is -0.520. The number of aliphatic hydroxyl groups excluding tert-OH is 2. The summed E-state index contributed by atoms with van der Waals surface area (Å²) in [5.41, 5.74) is 3.96. The quantitative estimate of drug-likeness (QED) is 0.0693. The zero-order valence-corrected chi connectivity index (χ0v) is 39.4. The van der Waals surface area contributed by atoms with Gasteiger partial charge in [-0.25, -0.2) is 9.59 Å². The summed E-state index contributed by atoms with van der Waals surface area (Å²) >= 11 is 22.2. The van der Waals surface area contributed by atoms with Crippen molar-refractivity contribution in [1.82, 2.24) is 21.6 Å². The Balaban J connectivity index is 2.08. The van der Waals surface area contributed by atoms with Crippen LogP contribution in [0.1, 0.15) is 59.0 Å². The molecule has 0 heterocycles. The molecule has 0 unspecified atom stereocenters. The second-order valence-electron chi connectivity index (χ2n) is 9.38. The normalized spacial score (nSPS) is 10.5. The summed E-state index contributed by atoms with van der Waals surface area (Å²) in [5.74, 6) is -5.57.